The summed E-state index contributed by atoms with van der Waals surface area (Å²) < 4.78 is 102. The van der Waals surface area contributed by atoms with Crippen molar-refractivity contribution in [1.82, 2.24) is 19.9 Å². The van der Waals surface area contributed by atoms with Crippen LogP contribution in [0.5, 0.6) is 0 Å². The van der Waals surface area contributed by atoms with E-state index in [1.807, 2.05) is 79.1 Å². The fourth-order valence-electron chi connectivity index (χ4n) is 10.1. The maximum Gasteiger partial charge on any atom is 0.261 e. The van der Waals surface area contributed by atoms with Crippen molar-refractivity contribution in [2.45, 2.75) is 78.7 Å². The number of nitrogens with zero attached hydrogens (tertiary/aromatic N) is 5. The standard InChI is InChI=1S/C55H68ClFN8O6S4/c1-38(2)59-64-31-25-61(26-32-64)24-23-46(37-72-49-11-9-8-10-12-49)58-51-22-21-50(36-52(51)73(6,66)67)75(70,71)60-45-17-19-47(20-18-45)62-27-29-63(30-28-62)48-34-42(33-44(57)35-48)53-54(41-13-15-43(56)16-14-41)65(39(3)4)40(5)55(53)74(7,68)69/h8-22,33-36,38-39,46,58-60H,23-32,37H2,1-7H3/t46-/m1/s1. The number of nitrogens with one attached hydrogen (secondary N) is 3. The lowest BCUT2D eigenvalue weighted by molar-refractivity contribution is 0.0787. The van der Waals surface area contributed by atoms with E-state index in [2.05, 4.69) is 49.0 Å². The highest BCUT2D eigenvalue weighted by Gasteiger charge is 2.31. The van der Waals surface area contributed by atoms with Crippen molar-refractivity contribution >= 4 is 75.8 Å². The molecule has 0 saturated carbocycles. The topological polar surface area (TPSA) is 156 Å². The molecule has 2 aliphatic heterocycles. The minimum Gasteiger partial charge on any atom is -0.380 e. The number of anilines is 4. The smallest absolute Gasteiger partial charge is 0.261 e. The van der Waals surface area contributed by atoms with Gasteiger partial charge in [-0.3, -0.25) is 10.1 Å². The minimum absolute atomic E-state index is 0.0981. The number of hydrazine groups is 1. The van der Waals surface area contributed by atoms with Crippen molar-refractivity contribution in [3.63, 3.8) is 0 Å². The third kappa shape index (κ3) is 13.9. The van der Waals surface area contributed by atoms with Crippen LogP contribution >= 0.6 is 23.4 Å². The number of rotatable bonds is 20. The van der Waals surface area contributed by atoms with Crippen molar-refractivity contribution in [3.05, 3.63) is 132 Å². The molecule has 8 rings (SSSR count). The molecule has 5 aromatic carbocycles. The van der Waals surface area contributed by atoms with Gasteiger partial charge in [0.25, 0.3) is 10.0 Å². The highest BCUT2D eigenvalue weighted by molar-refractivity contribution is 7.99. The van der Waals surface area contributed by atoms with Gasteiger partial charge in [-0.05, 0) is 137 Å². The number of hydrogen-bond acceptors (Lipinski definition) is 13. The predicted octanol–water partition coefficient (Wildman–Crippen LogP) is 9.93. The van der Waals surface area contributed by atoms with Crippen molar-refractivity contribution < 1.29 is 29.6 Å². The Bertz CT molecular complexity index is 3290. The summed E-state index contributed by atoms with van der Waals surface area (Å²) in [6.45, 7) is 16.7. The molecule has 6 aromatic rings. The zero-order chi connectivity index (χ0) is 53.8. The van der Waals surface area contributed by atoms with E-state index in [4.69, 9.17) is 11.6 Å². The summed E-state index contributed by atoms with van der Waals surface area (Å²) in [5.74, 6) is 0.174. The van der Waals surface area contributed by atoms with Crippen LogP contribution < -0.4 is 25.3 Å². The third-order valence-electron chi connectivity index (χ3n) is 13.5. The zero-order valence-electron chi connectivity index (χ0n) is 43.6. The first-order chi connectivity index (χ1) is 35.5. The Balaban J connectivity index is 0.948. The minimum atomic E-state index is -4.22. The largest absolute Gasteiger partial charge is 0.380 e. The first-order valence-corrected chi connectivity index (χ1v) is 31.8. The SMILES string of the molecule is Cc1c(S(C)(=O)=O)c(-c2cc(F)cc(N3CCN(c4ccc(NS(=O)(=O)c5ccc(N[C@H](CCN6CCN(NC(C)C)CC6)CSc6ccccc6)c(S(C)(=O)=O)c5)cc4)CC3)c2)c(-c2ccc(Cl)cc2)n1C(C)C. The Kier molecular flexibility index (Phi) is 17.7. The van der Waals surface area contributed by atoms with Gasteiger partial charge in [0.05, 0.1) is 26.1 Å². The highest BCUT2D eigenvalue weighted by atomic mass is 35.5. The maximum atomic E-state index is 15.8. The first-order valence-electron chi connectivity index (χ1n) is 25.2. The van der Waals surface area contributed by atoms with Crippen LogP contribution in [0.1, 0.15) is 45.9 Å². The van der Waals surface area contributed by atoms with Crippen LogP contribution in [0.3, 0.4) is 0 Å². The molecule has 14 nitrogen and oxygen atoms in total. The maximum absolute atomic E-state index is 15.8. The normalized spacial score (nSPS) is 15.7. The van der Waals surface area contributed by atoms with Crippen LogP contribution in [0, 0.1) is 12.7 Å². The summed E-state index contributed by atoms with van der Waals surface area (Å²) in [5, 5.41) is 6.29. The Hall–Kier alpha value is -5.12. The van der Waals surface area contributed by atoms with Crippen LogP contribution in [0.15, 0.2) is 135 Å². The molecule has 0 unspecified atom stereocenters. The molecule has 3 N–H and O–H groups in total. The van der Waals surface area contributed by atoms with Gasteiger partial charge in [0.2, 0.25) is 0 Å². The van der Waals surface area contributed by atoms with Crippen molar-refractivity contribution in [3.8, 4) is 22.4 Å². The van der Waals surface area contributed by atoms with E-state index in [0.717, 1.165) is 61.5 Å². The van der Waals surface area contributed by atoms with Gasteiger partial charge in [-0.1, -0.05) is 41.9 Å². The van der Waals surface area contributed by atoms with Gasteiger partial charge in [0.15, 0.2) is 19.7 Å². The van der Waals surface area contributed by atoms with Gasteiger partial charge >= 0.3 is 0 Å². The summed E-state index contributed by atoms with van der Waals surface area (Å²) >= 11 is 7.95. The van der Waals surface area contributed by atoms with E-state index in [0.29, 0.717) is 82.6 Å². The quantitative estimate of drug-likeness (QED) is 0.0622. The Labute approximate surface area is 452 Å². The van der Waals surface area contributed by atoms with E-state index in [1.165, 1.54) is 30.5 Å². The second-order valence-corrected chi connectivity index (χ2v) is 27.2. The van der Waals surface area contributed by atoms with Crippen LogP contribution in [-0.2, 0) is 29.7 Å². The van der Waals surface area contributed by atoms with E-state index in [9.17, 15) is 25.3 Å². The molecular weight excluding hydrogens is 1050 g/mol. The molecule has 0 radical (unpaired) electrons. The van der Waals surface area contributed by atoms with Gasteiger partial charge in [-0.2, -0.15) is 0 Å². The van der Waals surface area contributed by atoms with Crippen molar-refractivity contribution in [2.75, 3.05) is 97.0 Å². The molecule has 75 heavy (non-hydrogen) atoms. The summed E-state index contributed by atoms with van der Waals surface area (Å²) in [6.07, 6.45) is 3.02. The first kappa shape index (κ1) is 56.1. The summed E-state index contributed by atoms with van der Waals surface area (Å²) in [5.41, 5.74) is 8.50. The Morgan fingerprint density at radius 1 is 0.693 bits per heavy atom. The molecule has 0 bridgehead atoms. The lowest BCUT2D eigenvalue weighted by Gasteiger charge is -2.37. The number of thioether (sulfide) groups is 1. The lowest BCUT2D eigenvalue weighted by atomic mass is 9.99. The molecule has 2 saturated heterocycles. The predicted molar refractivity (Wildman–Crippen MR) is 305 cm³/mol. The molecular formula is C55H68ClFN8O6S4. The number of halogens is 2. The molecule has 2 aliphatic rings. The molecule has 1 atom stereocenters. The Morgan fingerprint density at radius 3 is 1.93 bits per heavy atom. The van der Waals surface area contributed by atoms with Crippen LogP contribution in [-0.4, -0.2) is 129 Å². The number of sulfonamides is 1. The number of sulfone groups is 2. The fraction of sp³-hybridized carbons (Fsp3) is 0.382. The molecule has 0 spiro atoms. The van der Waals surface area contributed by atoms with Crippen LogP contribution in [0.2, 0.25) is 5.02 Å². The second kappa shape index (κ2) is 23.6. The average molecular weight is 1120 g/mol. The number of aromatic nitrogens is 1. The van der Waals surface area contributed by atoms with Gasteiger partial charge in [0, 0.05) is 134 Å². The van der Waals surface area contributed by atoms with E-state index in [-0.39, 0.29) is 26.8 Å². The third-order valence-corrected chi connectivity index (χ3v) is 18.7. The van der Waals surface area contributed by atoms with Crippen LogP contribution in [0.4, 0.5) is 27.1 Å². The van der Waals surface area contributed by atoms with Crippen molar-refractivity contribution in [1.29, 1.82) is 0 Å². The van der Waals surface area contributed by atoms with E-state index < -0.39 is 35.5 Å². The van der Waals surface area contributed by atoms with Gasteiger partial charge in [-0.15, -0.1) is 11.8 Å². The number of benzene rings is 5. The van der Waals surface area contributed by atoms with Crippen LogP contribution in [0.25, 0.3) is 22.4 Å². The average Bonchev–Trinajstić information content (AvgIpc) is 3.73. The number of hydrogen-bond donors (Lipinski definition) is 3. The fourth-order valence-corrected chi connectivity index (χ4v) is 14.4. The second-order valence-electron chi connectivity index (χ2n) is 20.0. The van der Waals surface area contributed by atoms with Gasteiger partial charge in [0.1, 0.15) is 5.82 Å². The highest BCUT2D eigenvalue weighted by Crippen LogP contribution is 2.45. The Morgan fingerprint density at radius 2 is 1.33 bits per heavy atom. The molecule has 0 aliphatic carbocycles. The zero-order valence-corrected chi connectivity index (χ0v) is 47.6. The van der Waals surface area contributed by atoms with Gasteiger partial charge in [-0.25, -0.2) is 34.7 Å². The molecule has 3 heterocycles. The van der Waals surface area contributed by atoms with E-state index in [1.54, 1.807) is 49.0 Å². The molecule has 2 fully saturated rings. The van der Waals surface area contributed by atoms with Crippen molar-refractivity contribution in [2.24, 2.45) is 0 Å². The molecule has 402 valence electrons. The van der Waals surface area contributed by atoms with Gasteiger partial charge < -0.3 is 24.6 Å². The molecule has 1 aromatic heterocycles. The summed E-state index contributed by atoms with van der Waals surface area (Å²) in [7, 11) is -11.9. The lowest BCUT2D eigenvalue weighted by Crippen LogP contribution is -2.54. The van der Waals surface area contributed by atoms with E-state index >= 15 is 4.39 Å². The monoisotopic (exact) mass is 1120 g/mol. The number of piperazine rings is 2. The molecule has 20 heteroatoms. The summed E-state index contributed by atoms with van der Waals surface area (Å²) in [4.78, 5) is 7.62. The summed E-state index contributed by atoms with van der Waals surface area (Å²) in [6, 6.07) is 33.3. The molecule has 0 amide bonds.